The lowest BCUT2D eigenvalue weighted by Gasteiger charge is -2.15. The summed E-state index contributed by atoms with van der Waals surface area (Å²) in [5.41, 5.74) is 7.60. The van der Waals surface area contributed by atoms with E-state index in [-0.39, 0.29) is 13.2 Å². The van der Waals surface area contributed by atoms with E-state index in [1.165, 1.54) is 0 Å². The van der Waals surface area contributed by atoms with E-state index in [0.717, 1.165) is 0 Å². The van der Waals surface area contributed by atoms with Gasteiger partial charge in [-0.25, -0.2) is 4.57 Å². The number of rotatable bonds is 8. The highest BCUT2D eigenvalue weighted by atomic mass is 31.2. The van der Waals surface area contributed by atoms with E-state index < -0.39 is 7.82 Å². The van der Waals surface area contributed by atoms with Crippen molar-refractivity contribution in [2.45, 2.75) is 13.8 Å². The molecule has 0 atom stereocenters. The summed E-state index contributed by atoms with van der Waals surface area (Å²) in [7, 11) is -3.42. The maximum absolute atomic E-state index is 11.5. The fourth-order valence-electron chi connectivity index (χ4n) is 0.590. The summed E-state index contributed by atoms with van der Waals surface area (Å²) >= 11 is 0. The molecule has 13 heavy (non-hydrogen) atoms. The first-order valence-corrected chi connectivity index (χ1v) is 5.65. The molecule has 0 radical (unpaired) electrons. The average Bonchev–Trinajstić information content (AvgIpc) is 2.05. The summed E-state index contributed by atoms with van der Waals surface area (Å²) < 4.78 is 25.9. The molecule has 0 aliphatic carbocycles. The van der Waals surface area contributed by atoms with Crippen molar-refractivity contribution in [3.05, 3.63) is 0 Å². The molecule has 0 amide bonds. The largest absolute Gasteiger partial charge is 0.491 e. The van der Waals surface area contributed by atoms with Gasteiger partial charge < -0.3 is 5.73 Å². The van der Waals surface area contributed by atoms with Gasteiger partial charge >= 0.3 is 7.82 Å². The molecule has 0 rings (SSSR count). The number of phosphoric ester groups is 1. The van der Waals surface area contributed by atoms with Crippen LogP contribution >= 0.6 is 7.82 Å². The van der Waals surface area contributed by atoms with Gasteiger partial charge in [-0.3, -0.25) is 9.05 Å². The Hall–Kier alpha value is 0.0300. The topological polar surface area (TPSA) is 82.8 Å². The van der Waals surface area contributed by atoms with Gasteiger partial charge in [0.1, 0.15) is 0 Å². The van der Waals surface area contributed by atoms with Gasteiger partial charge in [-0.1, -0.05) is 0 Å². The monoisotopic (exact) mass is 212 g/mol. The van der Waals surface area contributed by atoms with E-state index in [0.29, 0.717) is 13.1 Å². The minimum absolute atomic E-state index is 0.265. The molecule has 3 N–H and O–H groups in total. The normalized spacial score (nSPS) is 11.9. The van der Waals surface area contributed by atoms with Gasteiger partial charge in [0.05, 0.1) is 13.2 Å². The summed E-state index contributed by atoms with van der Waals surface area (Å²) in [6.45, 7) is 4.72. The molecule has 0 aromatic heterocycles. The second-order valence-electron chi connectivity index (χ2n) is 2.06. The van der Waals surface area contributed by atoms with Crippen LogP contribution in [0.3, 0.4) is 0 Å². The zero-order valence-electron chi connectivity index (χ0n) is 7.99. The maximum atomic E-state index is 11.5. The number of phosphoric acid groups is 1. The highest BCUT2D eigenvalue weighted by molar-refractivity contribution is 7.48. The predicted molar refractivity (Wildman–Crippen MR) is 49.0 cm³/mol. The van der Waals surface area contributed by atoms with Gasteiger partial charge in [-0.05, 0) is 13.8 Å². The molecule has 0 saturated carbocycles. The Kier molecular flexibility index (Phi) is 7.45. The SMILES string of the molecule is CCOP(=O)(OCC)ONCCN. The van der Waals surface area contributed by atoms with Crippen LogP contribution in [0.15, 0.2) is 0 Å². The first-order chi connectivity index (χ1) is 6.18. The lowest BCUT2D eigenvalue weighted by molar-refractivity contribution is 0.0783. The van der Waals surface area contributed by atoms with E-state index >= 15 is 0 Å². The number of hydrogen-bond acceptors (Lipinski definition) is 6. The predicted octanol–water partition coefficient (Wildman–Crippen LogP) is 0.647. The van der Waals surface area contributed by atoms with Gasteiger partial charge in [-0.2, -0.15) is 10.1 Å². The Morgan fingerprint density at radius 1 is 1.31 bits per heavy atom. The standard InChI is InChI=1S/C6H17N2O4P/c1-3-10-13(9,11-4-2)12-8-6-5-7/h8H,3-7H2,1-2H3. The molecule has 80 valence electrons. The van der Waals surface area contributed by atoms with E-state index in [1.54, 1.807) is 13.8 Å². The molecular weight excluding hydrogens is 195 g/mol. The Morgan fingerprint density at radius 3 is 2.23 bits per heavy atom. The van der Waals surface area contributed by atoms with Crippen molar-refractivity contribution in [3.63, 3.8) is 0 Å². The van der Waals surface area contributed by atoms with Gasteiger partial charge in [0.2, 0.25) is 0 Å². The maximum Gasteiger partial charge on any atom is 0.491 e. The zero-order valence-corrected chi connectivity index (χ0v) is 8.88. The number of hydrogen-bond donors (Lipinski definition) is 2. The fraction of sp³-hybridized carbons (Fsp3) is 1.00. The first kappa shape index (κ1) is 13.0. The Balaban J connectivity index is 3.85. The molecule has 0 spiro atoms. The molecule has 0 aliphatic rings. The van der Waals surface area contributed by atoms with Crippen LogP contribution in [-0.4, -0.2) is 26.3 Å². The molecule has 0 heterocycles. The highest BCUT2D eigenvalue weighted by Gasteiger charge is 2.25. The van der Waals surface area contributed by atoms with Crippen LogP contribution in [-0.2, 0) is 18.2 Å². The van der Waals surface area contributed by atoms with Crippen molar-refractivity contribution in [2.24, 2.45) is 5.73 Å². The molecule has 0 saturated heterocycles. The molecule has 0 aromatic carbocycles. The Labute approximate surface area is 78.3 Å². The van der Waals surface area contributed by atoms with E-state index in [2.05, 4.69) is 5.48 Å². The first-order valence-electron chi connectivity index (χ1n) is 4.19. The van der Waals surface area contributed by atoms with Gasteiger partial charge in [0.25, 0.3) is 0 Å². The lowest BCUT2D eigenvalue weighted by atomic mass is 10.7. The third kappa shape index (κ3) is 6.15. The summed E-state index contributed by atoms with van der Waals surface area (Å²) in [6, 6.07) is 0. The molecule has 0 aromatic rings. The van der Waals surface area contributed by atoms with Crippen LogP contribution in [0.2, 0.25) is 0 Å². The van der Waals surface area contributed by atoms with Crippen molar-refractivity contribution in [3.8, 4) is 0 Å². The number of nitrogens with two attached hydrogens (primary N) is 1. The van der Waals surface area contributed by atoms with Crippen LogP contribution in [0, 0.1) is 0 Å². The Morgan fingerprint density at radius 2 is 1.85 bits per heavy atom. The van der Waals surface area contributed by atoms with Crippen LogP contribution < -0.4 is 11.2 Å². The quantitative estimate of drug-likeness (QED) is 0.349. The molecule has 0 fully saturated rings. The highest BCUT2D eigenvalue weighted by Crippen LogP contribution is 2.47. The van der Waals surface area contributed by atoms with E-state index in [9.17, 15) is 4.57 Å². The molecule has 0 bridgehead atoms. The number of nitrogens with one attached hydrogen (secondary N) is 1. The number of hydroxylamine groups is 1. The van der Waals surface area contributed by atoms with Crippen molar-refractivity contribution in [1.29, 1.82) is 0 Å². The van der Waals surface area contributed by atoms with Crippen LogP contribution in [0.4, 0.5) is 0 Å². The van der Waals surface area contributed by atoms with Crippen LogP contribution in [0.5, 0.6) is 0 Å². The van der Waals surface area contributed by atoms with Gasteiger partial charge in [0.15, 0.2) is 0 Å². The third-order valence-electron chi connectivity index (χ3n) is 0.997. The molecule has 0 unspecified atom stereocenters. The zero-order chi connectivity index (χ0) is 10.2. The van der Waals surface area contributed by atoms with Gasteiger partial charge in [0, 0.05) is 13.1 Å². The minimum Gasteiger partial charge on any atom is -0.329 e. The summed E-state index contributed by atoms with van der Waals surface area (Å²) in [5, 5.41) is 0. The average molecular weight is 212 g/mol. The summed E-state index contributed by atoms with van der Waals surface area (Å²) in [5.74, 6) is 0. The summed E-state index contributed by atoms with van der Waals surface area (Å²) in [6.07, 6.45) is 0. The summed E-state index contributed by atoms with van der Waals surface area (Å²) in [4.78, 5) is 0. The third-order valence-corrected chi connectivity index (χ3v) is 2.50. The minimum atomic E-state index is -3.42. The fourth-order valence-corrected chi connectivity index (χ4v) is 1.65. The lowest BCUT2D eigenvalue weighted by Crippen LogP contribution is -2.22. The second-order valence-corrected chi connectivity index (χ2v) is 3.65. The molecule has 0 aliphatic heterocycles. The van der Waals surface area contributed by atoms with Crippen LogP contribution in [0.25, 0.3) is 0 Å². The van der Waals surface area contributed by atoms with Crippen molar-refractivity contribution >= 4 is 7.82 Å². The van der Waals surface area contributed by atoms with Crippen molar-refractivity contribution < 1.29 is 18.2 Å². The molecular formula is C6H17N2O4P. The molecule has 7 heteroatoms. The second kappa shape index (κ2) is 7.44. The molecule has 6 nitrogen and oxygen atoms in total. The Bertz CT molecular complexity index is 157. The smallest absolute Gasteiger partial charge is 0.329 e. The van der Waals surface area contributed by atoms with Gasteiger partial charge in [-0.15, -0.1) is 0 Å². The van der Waals surface area contributed by atoms with Crippen molar-refractivity contribution in [1.82, 2.24) is 5.48 Å². The van der Waals surface area contributed by atoms with E-state index in [4.69, 9.17) is 19.4 Å². The van der Waals surface area contributed by atoms with E-state index in [1.807, 2.05) is 0 Å². The van der Waals surface area contributed by atoms with Crippen molar-refractivity contribution in [2.75, 3.05) is 26.3 Å². The van der Waals surface area contributed by atoms with Crippen LogP contribution in [0.1, 0.15) is 13.8 Å².